The lowest BCUT2D eigenvalue weighted by Crippen LogP contribution is -2.36. The van der Waals surface area contributed by atoms with Crippen LogP contribution in [0.15, 0.2) is 30.3 Å². The number of benzene rings is 1. The summed E-state index contributed by atoms with van der Waals surface area (Å²) in [7, 11) is 4.15. The predicted octanol–water partition coefficient (Wildman–Crippen LogP) is 2.96. The Kier molecular flexibility index (Phi) is 4.97. The van der Waals surface area contributed by atoms with Crippen LogP contribution in [0, 0.1) is 5.92 Å². The highest BCUT2D eigenvalue weighted by Crippen LogP contribution is 2.28. The molecule has 1 saturated carbocycles. The van der Waals surface area contributed by atoms with Gasteiger partial charge >= 0.3 is 5.97 Å². The van der Waals surface area contributed by atoms with Gasteiger partial charge in [0.25, 0.3) is 0 Å². The van der Waals surface area contributed by atoms with Crippen LogP contribution in [0.2, 0.25) is 0 Å². The van der Waals surface area contributed by atoms with Gasteiger partial charge in [-0.25, -0.2) is 4.79 Å². The molecule has 1 aliphatic rings. The van der Waals surface area contributed by atoms with Gasteiger partial charge < -0.3 is 9.64 Å². The highest BCUT2D eigenvalue weighted by atomic mass is 16.5. The van der Waals surface area contributed by atoms with Crippen molar-refractivity contribution < 1.29 is 9.53 Å². The van der Waals surface area contributed by atoms with Gasteiger partial charge in [0.1, 0.15) is 6.10 Å². The van der Waals surface area contributed by atoms with Crippen LogP contribution in [0.5, 0.6) is 0 Å². The number of rotatable bonds is 4. The number of esters is 1. The summed E-state index contributed by atoms with van der Waals surface area (Å²) in [5.74, 6) is 0.285. The third-order valence-electron chi connectivity index (χ3n) is 3.71. The molecule has 0 heterocycles. The largest absolute Gasteiger partial charge is 0.458 e. The van der Waals surface area contributed by atoms with Crippen LogP contribution in [0.1, 0.15) is 36.0 Å². The smallest absolute Gasteiger partial charge is 0.338 e. The molecule has 0 N–H and O–H groups in total. The van der Waals surface area contributed by atoms with Crippen LogP contribution < -0.4 is 0 Å². The zero-order chi connectivity index (χ0) is 13.7. The van der Waals surface area contributed by atoms with E-state index in [-0.39, 0.29) is 12.1 Å². The van der Waals surface area contributed by atoms with Crippen molar-refractivity contribution in [2.45, 2.75) is 31.8 Å². The zero-order valence-electron chi connectivity index (χ0n) is 11.8. The van der Waals surface area contributed by atoms with E-state index < -0.39 is 0 Å². The van der Waals surface area contributed by atoms with Gasteiger partial charge in [-0.05, 0) is 45.5 Å². The molecule has 19 heavy (non-hydrogen) atoms. The molecule has 3 nitrogen and oxygen atoms in total. The van der Waals surface area contributed by atoms with Crippen LogP contribution in [-0.2, 0) is 4.74 Å². The first kappa shape index (κ1) is 14.1. The lowest BCUT2D eigenvalue weighted by Gasteiger charge is -2.32. The van der Waals surface area contributed by atoms with E-state index in [0.29, 0.717) is 11.5 Å². The Morgan fingerprint density at radius 3 is 2.58 bits per heavy atom. The number of carbonyl (C=O) groups is 1. The Bertz CT molecular complexity index is 402. The molecule has 0 amide bonds. The van der Waals surface area contributed by atoms with Gasteiger partial charge in [-0.15, -0.1) is 0 Å². The topological polar surface area (TPSA) is 29.5 Å². The molecule has 0 spiro atoms. The predicted molar refractivity (Wildman–Crippen MR) is 76.2 cm³/mol. The number of hydrogen-bond donors (Lipinski definition) is 0. The molecule has 0 bridgehead atoms. The first-order valence-corrected chi connectivity index (χ1v) is 7.07. The standard InChI is InChI=1S/C16H23NO2/c1-17(2)12-14-10-6-7-11-15(14)19-16(18)13-8-4-3-5-9-13/h3-5,8-9,14-15H,6-7,10-12H2,1-2H3/t14?,15-/m1/s1. The zero-order valence-corrected chi connectivity index (χ0v) is 11.8. The molecule has 0 aliphatic heterocycles. The summed E-state index contributed by atoms with van der Waals surface area (Å²) in [4.78, 5) is 14.3. The van der Waals surface area contributed by atoms with Crippen molar-refractivity contribution in [2.75, 3.05) is 20.6 Å². The summed E-state index contributed by atoms with van der Waals surface area (Å²) < 4.78 is 5.73. The third-order valence-corrected chi connectivity index (χ3v) is 3.71. The lowest BCUT2D eigenvalue weighted by molar-refractivity contribution is -0.00324. The number of nitrogens with zero attached hydrogens (tertiary/aromatic N) is 1. The molecule has 104 valence electrons. The second-order valence-corrected chi connectivity index (χ2v) is 5.62. The fraction of sp³-hybridized carbons (Fsp3) is 0.562. The maximum Gasteiger partial charge on any atom is 0.338 e. The van der Waals surface area contributed by atoms with Crippen molar-refractivity contribution in [3.63, 3.8) is 0 Å². The van der Waals surface area contributed by atoms with E-state index in [2.05, 4.69) is 19.0 Å². The van der Waals surface area contributed by atoms with E-state index in [9.17, 15) is 4.79 Å². The minimum absolute atomic E-state index is 0.0730. The maximum absolute atomic E-state index is 12.1. The lowest BCUT2D eigenvalue weighted by atomic mass is 9.86. The fourth-order valence-corrected chi connectivity index (χ4v) is 2.79. The minimum atomic E-state index is -0.184. The Hall–Kier alpha value is -1.35. The van der Waals surface area contributed by atoms with Crippen LogP contribution in [0.3, 0.4) is 0 Å². The first-order chi connectivity index (χ1) is 9.16. The molecule has 0 saturated heterocycles. The molecule has 0 aromatic heterocycles. The van der Waals surface area contributed by atoms with Gasteiger partial charge in [0.15, 0.2) is 0 Å². The van der Waals surface area contributed by atoms with Gasteiger partial charge in [0.2, 0.25) is 0 Å². The average molecular weight is 261 g/mol. The van der Waals surface area contributed by atoms with E-state index in [4.69, 9.17) is 4.74 Å². The van der Waals surface area contributed by atoms with Gasteiger partial charge in [0.05, 0.1) is 5.56 Å². The second-order valence-electron chi connectivity index (χ2n) is 5.62. The average Bonchev–Trinajstić information content (AvgIpc) is 2.41. The third kappa shape index (κ3) is 4.06. The maximum atomic E-state index is 12.1. The number of carbonyl (C=O) groups excluding carboxylic acids is 1. The highest BCUT2D eigenvalue weighted by Gasteiger charge is 2.28. The summed E-state index contributed by atoms with van der Waals surface area (Å²) in [5.41, 5.74) is 0.650. The molecule has 1 aliphatic carbocycles. The van der Waals surface area contributed by atoms with Gasteiger partial charge in [-0.3, -0.25) is 0 Å². The van der Waals surface area contributed by atoms with E-state index >= 15 is 0 Å². The van der Waals surface area contributed by atoms with Crippen molar-refractivity contribution in [2.24, 2.45) is 5.92 Å². The van der Waals surface area contributed by atoms with Crippen LogP contribution in [0.25, 0.3) is 0 Å². The molecular weight excluding hydrogens is 238 g/mol. The molecule has 1 aromatic carbocycles. The van der Waals surface area contributed by atoms with Crippen LogP contribution in [-0.4, -0.2) is 37.6 Å². The van der Waals surface area contributed by atoms with Crippen molar-refractivity contribution in [3.05, 3.63) is 35.9 Å². The van der Waals surface area contributed by atoms with E-state index in [1.165, 1.54) is 6.42 Å². The van der Waals surface area contributed by atoms with Gasteiger partial charge in [0, 0.05) is 12.5 Å². The van der Waals surface area contributed by atoms with Crippen molar-refractivity contribution in [3.8, 4) is 0 Å². The number of hydrogen-bond acceptors (Lipinski definition) is 3. The van der Waals surface area contributed by atoms with Crippen LogP contribution >= 0.6 is 0 Å². The molecule has 2 atom stereocenters. The Morgan fingerprint density at radius 2 is 1.89 bits per heavy atom. The molecule has 3 heteroatoms. The van der Waals surface area contributed by atoms with Gasteiger partial charge in [-0.1, -0.05) is 24.6 Å². The fourth-order valence-electron chi connectivity index (χ4n) is 2.79. The van der Waals surface area contributed by atoms with Crippen molar-refractivity contribution in [1.82, 2.24) is 4.90 Å². The Labute approximate surface area is 115 Å². The molecular formula is C16H23NO2. The van der Waals surface area contributed by atoms with E-state index in [0.717, 1.165) is 25.8 Å². The Morgan fingerprint density at radius 1 is 1.21 bits per heavy atom. The Balaban J connectivity index is 1.97. The van der Waals surface area contributed by atoms with E-state index in [1.54, 1.807) is 0 Å². The molecule has 1 fully saturated rings. The van der Waals surface area contributed by atoms with Crippen molar-refractivity contribution >= 4 is 5.97 Å². The van der Waals surface area contributed by atoms with Gasteiger partial charge in [-0.2, -0.15) is 0 Å². The number of ether oxygens (including phenoxy) is 1. The molecule has 2 rings (SSSR count). The summed E-state index contributed by atoms with van der Waals surface area (Å²) in [6, 6.07) is 9.27. The SMILES string of the molecule is CN(C)CC1CCCC[C@H]1OC(=O)c1ccccc1. The first-order valence-electron chi connectivity index (χ1n) is 7.07. The van der Waals surface area contributed by atoms with Crippen LogP contribution in [0.4, 0.5) is 0 Å². The summed E-state index contributed by atoms with van der Waals surface area (Å²) >= 11 is 0. The normalized spacial score (nSPS) is 23.3. The highest BCUT2D eigenvalue weighted by molar-refractivity contribution is 5.89. The van der Waals surface area contributed by atoms with Crippen molar-refractivity contribution in [1.29, 1.82) is 0 Å². The molecule has 0 radical (unpaired) electrons. The quantitative estimate of drug-likeness (QED) is 0.780. The summed E-state index contributed by atoms with van der Waals surface area (Å²) in [5, 5.41) is 0. The molecule has 1 unspecified atom stereocenters. The second kappa shape index (κ2) is 6.71. The monoisotopic (exact) mass is 261 g/mol. The summed E-state index contributed by atoms with van der Waals surface area (Å²) in [6.45, 7) is 0.993. The molecule has 1 aromatic rings. The minimum Gasteiger partial charge on any atom is -0.458 e. The summed E-state index contributed by atoms with van der Waals surface area (Å²) in [6.07, 6.45) is 4.64. The van der Waals surface area contributed by atoms with E-state index in [1.807, 2.05) is 30.3 Å².